The van der Waals surface area contributed by atoms with Crippen molar-refractivity contribution >= 4 is 16.8 Å². The Hall–Kier alpha value is -2.67. The van der Waals surface area contributed by atoms with Gasteiger partial charge in [-0.15, -0.1) is 0 Å². The minimum Gasteiger partial charge on any atom is -0.343 e. The van der Waals surface area contributed by atoms with E-state index in [0.29, 0.717) is 5.56 Å². The van der Waals surface area contributed by atoms with Gasteiger partial charge in [0.05, 0.1) is 0 Å². The Morgan fingerprint density at radius 3 is 2.48 bits per heavy atom. The first-order valence-corrected chi connectivity index (χ1v) is 10.1. The molecule has 0 spiro atoms. The topological polar surface area (TPSA) is 60.7 Å². The fraction of sp³-hybridized carbons (Fsp3) is 0.348. The Morgan fingerprint density at radius 1 is 1.03 bits per heavy atom. The van der Waals surface area contributed by atoms with E-state index >= 15 is 0 Å². The predicted molar refractivity (Wildman–Crippen MR) is 114 cm³/mol. The maximum Gasteiger partial charge on any atom is 0.274 e. The Balaban J connectivity index is 1.50. The third kappa shape index (κ3) is 4.50. The molecule has 0 bridgehead atoms. The van der Waals surface area contributed by atoms with Crippen LogP contribution in [-0.4, -0.2) is 65.3 Å². The van der Waals surface area contributed by atoms with Crippen LogP contribution in [0.25, 0.3) is 10.9 Å². The molecule has 1 aliphatic heterocycles. The summed E-state index contributed by atoms with van der Waals surface area (Å²) < 4.78 is 2.29. The molecular weight excluding hydrogens is 364 g/mol. The third-order valence-corrected chi connectivity index (χ3v) is 5.83. The minimum absolute atomic E-state index is 0.446. The second kappa shape index (κ2) is 8.78. The number of nitrogens with zero attached hydrogens (tertiary/aromatic N) is 3. The van der Waals surface area contributed by atoms with Gasteiger partial charge in [0.1, 0.15) is 0 Å². The fourth-order valence-electron chi connectivity index (χ4n) is 4.03. The number of para-hydroxylation sites is 1. The molecule has 29 heavy (non-hydrogen) atoms. The van der Waals surface area contributed by atoms with Gasteiger partial charge in [0.25, 0.3) is 5.91 Å². The first kappa shape index (κ1) is 19.6. The van der Waals surface area contributed by atoms with Crippen LogP contribution in [0.15, 0.2) is 54.7 Å². The number of fused-ring (bicyclic) bond motifs is 1. The largest absolute Gasteiger partial charge is 0.343 e. The number of benzene rings is 2. The number of hydrogen-bond acceptors (Lipinski definition) is 4. The van der Waals surface area contributed by atoms with E-state index in [1.54, 1.807) is 17.6 Å². The van der Waals surface area contributed by atoms with Crippen molar-refractivity contribution in [3.63, 3.8) is 0 Å². The number of hydroxylamine groups is 1. The standard InChI is InChI=1S/C23H28N4O2/c1-25-12-14-26(15-13-25)11-10-20-17-27(22-5-3-2-4-21(20)22)16-18-6-8-19(9-7-18)23(28)24-29/h2-9,17,29H,10-16H2,1H3,(H,24,28). The molecule has 2 heterocycles. The molecule has 0 radical (unpaired) electrons. The number of amides is 1. The lowest BCUT2D eigenvalue weighted by molar-refractivity contribution is 0.0706. The Morgan fingerprint density at radius 2 is 1.76 bits per heavy atom. The van der Waals surface area contributed by atoms with E-state index in [9.17, 15) is 4.79 Å². The van der Waals surface area contributed by atoms with Gasteiger partial charge in [-0.1, -0.05) is 30.3 Å². The summed E-state index contributed by atoms with van der Waals surface area (Å²) in [6.07, 6.45) is 3.32. The number of nitrogens with one attached hydrogen (secondary N) is 1. The highest BCUT2D eigenvalue weighted by Crippen LogP contribution is 2.23. The van der Waals surface area contributed by atoms with Gasteiger partial charge in [-0.2, -0.15) is 0 Å². The molecule has 2 aromatic carbocycles. The van der Waals surface area contributed by atoms with Gasteiger partial charge in [-0.25, -0.2) is 5.48 Å². The lowest BCUT2D eigenvalue weighted by Crippen LogP contribution is -2.45. The Bertz CT molecular complexity index is 972. The smallest absolute Gasteiger partial charge is 0.274 e. The minimum atomic E-state index is -0.492. The molecular formula is C23H28N4O2. The van der Waals surface area contributed by atoms with E-state index in [4.69, 9.17) is 5.21 Å². The van der Waals surface area contributed by atoms with Crippen LogP contribution in [0.3, 0.4) is 0 Å². The highest BCUT2D eigenvalue weighted by atomic mass is 16.5. The van der Waals surface area contributed by atoms with Crippen LogP contribution < -0.4 is 5.48 Å². The summed E-state index contributed by atoms with van der Waals surface area (Å²) in [5.74, 6) is -0.492. The summed E-state index contributed by atoms with van der Waals surface area (Å²) in [7, 11) is 2.19. The Labute approximate surface area is 171 Å². The second-order valence-corrected chi connectivity index (χ2v) is 7.83. The average molecular weight is 393 g/mol. The molecule has 6 heteroatoms. The van der Waals surface area contributed by atoms with E-state index in [1.807, 2.05) is 12.1 Å². The molecule has 1 aromatic heterocycles. The highest BCUT2D eigenvalue weighted by Gasteiger charge is 2.15. The first-order chi connectivity index (χ1) is 14.1. The maximum atomic E-state index is 11.5. The van der Waals surface area contributed by atoms with E-state index in [0.717, 1.165) is 51.3 Å². The quantitative estimate of drug-likeness (QED) is 0.500. The van der Waals surface area contributed by atoms with Gasteiger partial charge in [-0.05, 0) is 42.8 Å². The van der Waals surface area contributed by atoms with Crippen molar-refractivity contribution in [1.29, 1.82) is 0 Å². The Kier molecular flexibility index (Phi) is 5.94. The number of likely N-dealkylation sites (N-methyl/N-ethyl adjacent to an activating group) is 1. The van der Waals surface area contributed by atoms with Crippen LogP contribution in [0.4, 0.5) is 0 Å². The molecule has 3 aromatic rings. The van der Waals surface area contributed by atoms with Crippen molar-refractivity contribution in [2.45, 2.75) is 13.0 Å². The fourth-order valence-corrected chi connectivity index (χ4v) is 4.03. The summed E-state index contributed by atoms with van der Waals surface area (Å²) in [5, 5.41) is 10.1. The van der Waals surface area contributed by atoms with Crippen LogP contribution >= 0.6 is 0 Å². The molecule has 6 nitrogen and oxygen atoms in total. The lowest BCUT2D eigenvalue weighted by Gasteiger charge is -2.32. The van der Waals surface area contributed by atoms with E-state index in [1.165, 1.54) is 16.5 Å². The molecule has 0 aliphatic carbocycles. The van der Waals surface area contributed by atoms with Gasteiger partial charge in [0.2, 0.25) is 0 Å². The van der Waals surface area contributed by atoms with Crippen molar-refractivity contribution < 1.29 is 10.0 Å². The van der Waals surface area contributed by atoms with E-state index in [-0.39, 0.29) is 0 Å². The molecule has 0 saturated carbocycles. The summed E-state index contributed by atoms with van der Waals surface area (Å²) in [5.41, 5.74) is 5.85. The van der Waals surface area contributed by atoms with E-state index in [2.05, 4.69) is 51.9 Å². The number of rotatable bonds is 6. The molecule has 1 aliphatic rings. The van der Waals surface area contributed by atoms with Crippen LogP contribution in [-0.2, 0) is 13.0 Å². The van der Waals surface area contributed by atoms with E-state index < -0.39 is 5.91 Å². The van der Waals surface area contributed by atoms with Crippen LogP contribution in [0.5, 0.6) is 0 Å². The van der Waals surface area contributed by atoms with Crippen molar-refractivity contribution in [2.75, 3.05) is 39.8 Å². The zero-order valence-electron chi connectivity index (χ0n) is 16.8. The monoisotopic (exact) mass is 392 g/mol. The van der Waals surface area contributed by atoms with Crippen molar-refractivity contribution in [1.82, 2.24) is 19.8 Å². The van der Waals surface area contributed by atoms with Crippen molar-refractivity contribution in [3.8, 4) is 0 Å². The molecule has 1 amide bonds. The van der Waals surface area contributed by atoms with Crippen LogP contribution in [0, 0.1) is 0 Å². The molecule has 2 N–H and O–H groups in total. The zero-order valence-corrected chi connectivity index (χ0v) is 16.8. The molecule has 0 atom stereocenters. The van der Waals surface area contributed by atoms with Crippen LogP contribution in [0.1, 0.15) is 21.5 Å². The molecule has 1 saturated heterocycles. The lowest BCUT2D eigenvalue weighted by atomic mass is 10.1. The summed E-state index contributed by atoms with van der Waals surface area (Å²) >= 11 is 0. The summed E-state index contributed by atoms with van der Waals surface area (Å²) in [6.45, 7) is 6.41. The maximum absolute atomic E-state index is 11.5. The highest BCUT2D eigenvalue weighted by molar-refractivity contribution is 5.93. The number of carbonyl (C=O) groups excluding carboxylic acids is 1. The van der Waals surface area contributed by atoms with Gasteiger partial charge >= 0.3 is 0 Å². The molecule has 1 fully saturated rings. The normalized spacial score (nSPS) is 15.7. The number of carbonyl (C=O) groups is 1. The number of aromatic nitrogens is 1. The SMILES string of the molecule is CN1CCN(CCc2cn(Cc3ccc(C(=O)NO)cc3)c3ccccc23)CC1. The van der Waals surface area contributed by atoms with Crippen LogP contribution in [0.2, 0.25) is 0 Å². The summed E-state index contributed by atoms with van der Waals surface area (Å²) in [6, 6.07) is 15.9. The average Bonchev–Trinajstić information content (AvgIpc) is 3.11. The van der Waals surface area contributed by atoms with Crippen molar-refractivity contribution in [3.05, 3.63) is 71.4 Å². The zero-order chi connectivity index (χ0) is 20.2. The molecule has 0 unspecified atom stereocenters. The first-order valence-electron chi connectivity index (χ1n) is 10.1. The molecule has 152 valence electrons. The van der Waals surface area contributed by atoms with Gasteiger partial charge < -0.3 is 14.4 Å². The van der Waals surface area contributed by atoms with Crippen molar-refractivity contribution in [2.24, 2.45) is 0 Å². The number of piperazine rings is 1. The van der Waals surface area contributed by atoms with Gasteiger partial charge in [0, 0.05) is 61.9 Å². The second-order valence-electron chi connectivity index (χ2n) is 7.83. The molecule has 4 rings (SSSR count). The number of hydrogen-bond donors (Lipinski definition) is 2. The third-order valence-electron chi connectivity index (χ3n) is 5.83. The summed E-state index contributed by atoms with van der Waals surface area (Å²) in [4.78, 5) is 16.4. The van der Waals surface area contributed by atoms with Gasteiger partial charge in [0.15, 0.2) is 0 Å². The predicted octanol–water partition coefficient (Wildman–Crippen LogP) is 2.60. The van der Waals surface area contributed by atoms with Gasteiger partial charge in [-0.3, -0.25) is 10.0 Å².